The largest absolute Gasteiger partial charge is 0.497 e. The van der Waals surface area contributed by atoms with Crippen molar-refractivity contribution in [2.45, 2.75) is 108 Å². The second kappa shape index (κ2) is 21.6. The lowest BCUT2D eigenvalue weighted by Gasteiger charge is -2.39. The summed E-state index contributed by atoms with van der Waals surface area (Å²) >= 11 is 0. The van der Waals surface area contributed by atoms with Gasteiger partial charge in [0.1, 0.15) is 59.7 Å². The zero-order valence-corrected chi connectivity index (χ0v) is 43.4. The summed E-state index contributed by atoms with van der Waals surface area (Å²) in [6.45, 7) is 11.4. The fourth-order valence-electron chi connectivity index (χ4n) is 8.63. The van der Waals surface area contributed by atoms with E-state index in [-0.39, 0.29) is 49.1 Å². The number of hydrogen-bond acceptors (Lipinski definition) is 17. The summed E-state index contributed by atoms with van der Waals surface area (Å²) in [7, 11) is -3.95. The summed E-state index contributed by atoms with van der Waals surface area (Å²) in [4.78, 5) is 41.3. The first-order valence-electron chi connectivity index (χ1n) is 23.6. The van der Waals surface area contributed by atoms with Crippen molar-refractivity contribution in [3.05, 3.63) is 141 Å². The fraction of sp³-hybridized carbons (Fsp3) is 0.440. The molecule has 8 rings (SSSR count). The number of phosphoric ester groups is 1. The van der Waals surface area contributed by atoms with E-state index in [2.05, 4.69) is 53.8 Å². The minimum Gasteiger partial charge on any atom is -0.497 e. The van der Waals surface area contributed by atoms with Gasteiger partial charge in [-0.2, -0.15) is 5.26 Å². The Morgan fingerprint density at radius 2 is 1.43 bits per heavy atom. The third-order valence-corrected chi connectivity index (χ3v) is 19.5. The van der Waals surface area contributed by atoms with Crippen LogP contribution in [0.2, 0.25) is 18.1 Å². The number of methoxy groups -OCH3 is 2. The van der Waals surface area contributed by atoms with Crippen LogP contribution in [0.5, 0.6) is 11.5 Å². The number of nitrogens with zero attached hydrogens (tertiary/aromatic N) is 6. The molecule has 2 saturated heterocycles. The second-order valence-electron chi connectivity index (χ2n) is 19.2. The number of aromatic nitrogens is 6. The number of nitrogens with two attached hydrogens (primary N) is 1. The molecule has 1 unspecified atom stereocenters. The molecule has 3 aromatic carbocycles. The van der Waals surface area contributed by atoms with Crippen LogP contribution in [0.15, 0.2) is 107 Å². The Hall–Kier alpha value is -6.05. The van der Waals surface area contributed by atoms with Crippen LogP contribution in [-0.4, -0.2) is 95.8 Å². The maximum absolute atomic E-state index is 15.3. The molecule has 2 fully saturated rings. The summed E-state index contributed by atoms with van der Waals surface area (Å²) in [6.07, 6.45) is -0.782. The number of H-pyrrole nitrogens is 1. The highest BCUT2D eigenvalue weighted by Crippen LogP contribution is 2.55. The number of benzene rings is 3. The van der Waals surface area contributed by atoms with Gasteiger partial charge in [0.25, 0.3) is 5.56 Å². The molecule has 0 amide bonds. The number of anilines is 1. The maximum atomic E-state index is 15.3. The number of aromatic amines is 1. The highest BCUT2D eigenvalue weighted by molar-refractivity contribution is 7.48. The molecule has 3 N–H and O–H groups in total. The van der Waals surface area contributed by atoms with Crippen molar-refractivity contribution in [3.63, 3.8) is 0 Å². The predicted molar refractivity (Wildman–Crippen MR) is 268 cm³/mol. The molecule has 2 aliphatic rings. The molecule has 72 heavy (non-hydrogen) atoms. The molecule has 0 radical (unpaired) electrons. The Labute approximate surface area is 418 Å². The van der Waals surface area contributed by atoms with Gasteiger partial charge in [0.2, 0.25) is 0 Å². The molecule has 7 atom stereocenters. The molecule has 5 heterocycles. The molecule has 2 aliphatic heterocycles. The van der Waals surface area contributed by atoms with Crippen molar-refractivity contribution in [1.29, 1.82) is 5.26 Å². The molecule has 0 bridgehead atoms. The summed E-state index contributed by atoms with van der Waals surface area (Å²) in [6, 6.07) is 26.6. The van der Waals surface area contributed by atoms with Gasteiger partial charge in [-0.1, -0.05) is 75.4 Å². The Kier molecular flexibility index (Phi) is 15.7. The molecule has 0 aliphatic carbocycles. The van der Waals surface area contributed by atoms with E-state index in [1.165, 1.54) is 17.1 Å². The number of imidazole rings is 1. The molecule has 20 nitrogen and oxygen atoms in total. The lowest BCUT2D eigenvalue weighted by Crippen LogP contribution is -2.46. The number of fused-ring (bicyclic) bond motifs is 1. The topological polar surface area (TPSA) is 248 Å². The SMILES string of the molecule is COc1ccc(C(OC[C@H]2O[C@@H](n3cc(C)c(=O)[nH]c3=O)C[C@@H]2OP(=O)(OCCC#N)OC[C@H]2O[C@@H](n3cnc4c(N)ncnc43)C[C@@H]2O[Si](C)(C)C(C)(C)C)(c2ccccc2)c2ccc(OC)cc2)cc1. The highest BCUT2D eigenvalue weighted by Gasteiger charge is 2.49. The van der Waals surface area contributed by atoms with Crippen LogP contribution < -0.4 is 26.5 Å². The van der Waals surface area contributed by atoms with Gasteiger partial charge in [-0.25, -0.2) is 24.3 Å². The van der Waals surface area contributed by atoms with Gasteiger partial charge in [0.05, 0.1) is 59.0 Å². The van der Waals surface area contributed by atoms with Crippen LogP contribution in [0.3, 0.4) is 0 Å². The molecule has 22 heteroatoms. The lowest BCUT2D eigenvalue weighted by molar-refractivity contribution is -0.0959. The van der Waals surface area contributed by atoms with Crippen molar-refractivity contribution in [2.75, 3.05) is 39.8 Å². The lowest BCUT2D eigenvalue weighted by atomic mass is 9.80. The Bertz CT molecular complexity index is 2980. The predicted octanol–water partition coefficient (Wildman–Crippen LogP) is 7.70. The Morgan fingerprint density at radius 3 is 2.04 bits per heavy atom. The quantitative estimate of drug-likeness (QED) is 0.0322. The minimum absolute atomic E-state index is 0.0738. The van der Waals surface area contributed by atoms with Crippen LogP contribution in [0.4, 0.5) is 5.82 Å². The normalized spacial score (nSPS) is 21.4. The first kappa shape index (κ1) is 52.3. The number of hydrogen-bond donors (Lipinski definition) is 2. The van der Waals surface area contributed by atoms with Crippen molar-refractivity contribution < 1.29 is 46.2 Å². The molecule has 0 saturated carbocycles. The second-order valence-corrected chi connectivity index (χ2v) is 25.5. The first-order valence-corrected chi connectivity index (χ1v) is 27.9. The van der Waals surface area contributed by atoms with Gasteiger partial charge in [-0.15, -0.1) is 0 Å². The number of phosphoric acid groups is 1. The average Bonchev–Trinajstić information content (AvgIpc) is 4.10. The fourth-order valence-corrected chi connectivity index (χ4v) is 11.4. The van der Waals surface area contributed by atoms with E-state index < -0.39 is 69.9 Å². The number of nitrogens with one attached hydrogen (secondary N) is 1. The van der Waals surface area contributed by atoms with Gasteiger partial charge >= 0.3 is 13.5 Å². The Morgan fingerprint density at radius 1 is 0.833 bits per heavy atom. The number of nitriles is 1. The van der Waals surface area contributed by atoms with Crippen LogP contribution in [-0.2, 0) is 42.4 Å². The van der Waals surface area contributed by atoms with E-state index in [4.69, 9.17) is 47.4 Å². The van der Waals surface area contributed by atoms with Gasteiger partial charge in [-0.3, -0.25) is 32.5 Å². The third kappa shape index (κ3) is 11.0. The van der Waals surface area contributed by atoms with Crippen LogP contribution in [0, 0.1) is 18.3 Å². The number of ether oxygens (including phenoxy) is 5. The van der Waals surface area contributed by atoms with Crippen molar-refractivity contribution >= 4 is 33.1 Å². The summed E-state index contributed by atoms with van der Waals surface area (Å²) < 4.78 is 75.6. The van der Waals surface area contributed by atoms with Gasteiger partial charge in [0, 0.05) is 24.6 Å². The molecule has 6 aromatic rings. The molecular weight excluding hydrogens is 964 g/mol. The highest BCUT2D eigenvalue weighted by atomic mass is 31.2. The van der Waals surface area contributed by atoms with Crippen LogP contribution in [0.25, 0.3) is 11.2 Å². The molecular formula is C50H61N8O12PSi. The monoisotopic (exact) mass is 1020 g/mol. The average molecular weight is 1030 g/mol. The first-order chi connectivity index (χ1) is 34.4. The van der Waals surface area contributed by atoms with E-state index in [1.54, 1.807) is 32.0 Å². The van der Waals surface area contributed by atoms with E-state index in [0.29, 0.717) is 29.1 Å². The zero-order chi connectivity index (χ0) is 51.4. The van der Waals surface area contributed by atoms with E-state index in [9.17, 15) is 14.9 Å². The van der Waals surface area contributed by atoms with Crippen LogP contribution >= 0.6 is 7.82 Å². The van der Waals surface area contributed by atoms with Crippen LogP contribution in [0.1, 0.15) is 74.7 Å². The number of aryl methyl sites for hydroxylation is 1. The third-order valence-electron chi connectivity index (χ3n) is 13.5. The van der Waals surface area contributed by atoms with Gasteiger partial charge < -0.3 is 33.8 Å². The standard InChI is InChI=1S/C50H61N8O12PSi/c1-32-27-57(48(60)56-47(32)59)42-25-38(40(67-42)28-64-50(33-13-10-9-11-14-33,34-15-19-36(62-5)20-16-34)35-17-21-37(63-6)22-18-35)69-71(61,65-24-12-23-51)66-29-41-39(70-72(7,8)49(2,3)4)26-43(68-41)58-31-55-44-45(52)53-30-54-46(44)58/h9-11,13-22,27,30-31,38-43H,12,24-26,28-29H2,1-8H3,(H2,52,53,54)(H,56,59,60)/t38-,39-,40+,41+,42+,43+,71?/m0/s1. The van der Waals surface area contributed by atoms with E-state index >= 15 is 4.57 Å². The molecule has 3 aromatic heterocycles. The number of rotatable bonds is 20. The van der Waals surface area contributed by atoms with Gasteiger partial charge in [0.15, 0.2) is 19.8 Å². The number of nitrogen functional groups attached to an aromatic ring is 1. The summed E-state index contributed by atoms with van der Waals surface area (Å²) in [5.41, 5.74) is 6.91. The van der Waals surface area contributed by atoms with Gasteiger partial charge in [-0.05, 0) is 66.0 Å². The van der Waals surface area contributed by atoms with Crippen molar-refractivity contribution in [2.24, 2.45) is 0 Å². The Balaban J connectivity index is 1.15. The maximum Gasteiger partial charge on any atom is 0.475 e. The molecule has 0 spiro atoms. The molecule has 382 valence electrons. The van der Waals surface area contributed by atoms with Crippen molar-refractivity contribution in [3.8, 4) is 17.6 Å². The zero-order valence-electron chi connectivity index (χ0n) is 41.6. The van der Waals surface area contributed by atoms with Crippen molar-refractivity contribution in [1.82, 2.24) is 29.1 Å². The smallest absolute Gasteiger partial charge is 0.475 e. The van der Waals surface area contributed by atoms with E-state index in [0.717, 1.165) is 16.7 Å². The summed E-state index contributed by atoms with van der Waals surface area (Å²) in [5.74, 6) is 1.48. The summed E-state index contributed by atoms with van der Waals surface area (Å²) in [5, 5.41) is 9.38. The van der Waals surface area contributed by atoms with E-state index in [1.807, 2.05) is 84.9 Å². The minimum atomic E-state index is -4.67.